The molecule has 0 radical (unpaired) electrons. The molecule has 1 aromatic carbocycles. The highest BCUT2D eigenvalue weighted by atomic mass is 16.3. The van der Waals surface area contributed by atoms with Crippen LogP contribution in [0.15, 0.2) is 24.3 Å². The Bertz CT molecular complexity index is 381. The number of benzene rings is 1. The van der Waals surface area contributed by atoms with Gasteiger partial charge in [0.25, 0.3) is 0 Å². The summed E-state index contributed by atoms with van der Waals surface area (Å²) in [5, 5.41) is 9.19. The molecule has 1 N–H and O–H groups in total. The second-order valence-electron chi connectivity index (χ2n) is 5.23. The van der Waals surface area contributed by atoms with Crippen LogP contribution in [0, 0.1) is 6.92 Å². The van der Waals surface area contributed by atoms with Gasteiger partial charge in [-0.3, -0.25) is 0 Å². The number of aliphatic hydroxyl groups is 1. The van der Waals surface area contributed by atoms with Gasteiger partial charge in [-0.2, -0.15) is 0 Å². The second-order valence-corrected chi connectivity index (χ2v) is 5.23. The molecule has 1 saturated heterocycles. The van der Waals surface area contributed by atoms with E-state index in [2.05, 4.69) is 48.0 Å². The van der Waals surface area contributed by atoms with Crippen molar-refractivity contribution in [3.8, 4) is 0 Å². The van der Waals surface area contributed by atoms with E-state index in [0.717, 1.165) is 26.1 Å². The van der Waals surface area contributed by atoms with E-state index in [4.69, 9.17) is 0 Å². The second kappa shape index (κ2) is 6.21. The van der Waals surface area contributed by atoms with Crippen molar-refractivity contribution in [2.75, 3.05) is 38.2 Å². The Balaban J connectivity index is 2.15. The van der Waals surface area contributed by atoms with Gasteiger partial charge in [0.05, 0.1) is 0 Å². The molecule has 1 aromatic rings. The van der Waals surface area contributed by atoms with Crippen molar-refractivity contribution in [1.29, 1.82) is 0 Å². The SMILES string of the molecule is Cc1ccccc1N1CCCN(C)C(CCO)C1. The summed E-state index contributed by atoms with van der Waals surface area (Å²) in [6.07, 6.45) is 2.05. The van der Waals surface area contributed by atoms with Crippen LogP contribution in [0.4, 0.5) is 5.69 Å². The topological polar surface area (TPSA) is 26.7 Å². The van der Waals surface area contributed by atoms with E-state index < -0.39 is 0 Å². The lowest BCUT2D eigenvalue weighted by Gasteiger charge is -2.30. The maximum Gasteiger partial charge on any atom is 0.0446 e. The van der Waals surface area contributed by atoms with Crippen LogP contribution in [0.5, 0.6) is 0 Å². The van der Waals surface area contributed by atoms with E-state index in [1.54, 1.807) is 0 Å². The van der Waals surface area contributed by atoms with Gasteiger partial charge < -0.3 is 14.9 Å². The van der Waals surface area contributed by atoms with E-state index in [0.29, 0.717) is 6.04 Å². The molecule has 1 aliphatic heterocycles. The van der Waals surface area contributed by atoms with Crippen molar-refractivity contribution < 1.29 is 5.11 Å². The van der Waals surface area contributed by atoms with Crippen molar-refractivity contribution in [2.45, 2.75) is 25.8 Å². The Kier molecular flexibility index (Phi) is 4.61. The fourth-order valence-corrected chi connectivity index (χ4v) is 2.78. The number of anilines is 1. The quantitative estimate of drug-likeness (QED) is 0.885. The zero-order chi connectivity index (χ0) is 13.0. The average molecular weight is 248 g/mol. The molecular formula is C15H24N2O. The number of hydrogen-bond donors (Lipinski definition) is 1. The lowest BCUT2D eigenvalue weighted by molar-refractivity contribution is 0.196. The van der Waals surface area contributed by atoms with E-state index in [1.807, 2.05) is 0 Å². The molecule has 0 amide bonds. The highest BCUT2D eigenvalue weighted by molar-refractivity contribution is 5.53. The molecule has 0 spiro atoms. The molecule has 3 heteroatoms. The molecule has 3 nitrogen and oxygen atoms in total. The van der Waals surface area contributed by atoms with Gasteiger partial charge in [0, 0.05) is 31.4 Å². The predicted molar refractivity (Wildman–Crippen MR) is 76.1 cm³/mol. The number of aliphatic hydroxyl groups excluding tert-OH is 1. The van der Waals surface area contributed by atoms with Crippen molar-refractivity contribution in [3.05, 3.63) is 29.8 Å². The van der Waals surface area contributed by atoms with Crippen LogP contribution in [0.3, 0.4) is 0 Å². The van der Waals surface area contributed by atoms with Crippen LogP contribution in [0.1, 0.15) is 18.4 Å². The Hall–Kier alpha value is -1.06. The highest BCUT2D eigenvalue weighted by Crippen LogP contribution is 2.23. The number of rotatable bonds is 3. The van der Waals surface area contributed by atoms with Gasteiger partial charge in [0.15, 0.2) is 0 Å². The third-order valence-corrected chi connectivity index (χ3v) is 3.91. The zero-order valence-corrected chi connectivity index (χ0v) is 11.5. The summed E-state index contributed by atoms with van der Waals surface area (Å²) in [6, 6.07) is 9.03. The minimum absolute atomic E-state index is 0.274. The summed E-state index contributed by atoms with van der Waals surface area (Å²) < 4.78 is 0. The average Bonchev–Trinajstić information content (AvgIpc) is 2.54. The standard InChI is InChI=1S/C15H24N2O/c1-13-6-3-4-7-15(13)17-10-5-9-16(2)14(12-17)8-11-18/h3-4,6-7,14,18H,5,8-12H2,1-2H3. The van der Waals surface area contributed by atoms with Gasteiger partial charge in [-0.15, -0.1) is 0 Å². The van der Waals surface area contributed by atoms with Crippen LogP contribution in [-0.4, -0.2) is 49.3 Å². The smallest absolute Gasteiger partial charge is 0.0446 e. The van der Waals surface area contributed by atoms with E-state index >= 15 is 0 Å². The first-order valence-electron chi connectivity index (χ1n) is 6.84. The summed E-state index contributed by atoms with van der Waals surface area (Å²) in [7, 11) is 2.17. The lowest BCUT2D eigenvalue weighted by Crippen LogP contribution is -2.39. The number of para-hydroxylation sites is 1. The molecule has 18 heavy (non-hydrogen) atoms. The van der Waals surface area contributed by atoms with Crippen molar-refractivity contribution in [2.24, 2.45) is 0 Å². The summed E-state index contributed by atoms with van der Waals surface area (Å²) in [5.74, 6) is 0. The Morgan fingerprint density at radius 3 is 2.78 bits per heavy atom. The summed E-state index contributed by atoms with van der Waals surface area (Å²) in [6.45, 7) is 5.69. The molecule has 0 aliphatic carbocycles. The van der Waals surface area contributed by atoms with Gasteiger partial charge in [-0.1, -0.05) is 18.2 Å². The van der Waals surface area contributed by atoms with Gasteiger partial charge >= 0.3 is 0 Å². The summed E-state index contributed by atoms with van der Waals surface area (Å²) in [4.78, 5) is 4.85. The number of aryl methyl sites for hydroxylation is 1. The first-order valence-corrected chi connectivity index (χ1v) is 6.84. The van der Waals surface area contributed by atoms with Gasteiger partial charge in [0.1, 0.15) is 0 Å². The zero-order valence-electron chi connectivity index (χ0n) is 11.5. The van der Waals surface area contributed by atoms with Crippen molar-refractivity contribution in [3.63, 3.8) is 0 Å². The number of hydrogen-bond acceptors (Lipinski definition) is 3. The minimum atomic E-state index is 0.274. The Labute approximate surface area is 110 Å². The van der Waals surface area contributed by atoms with Crippen LogP contribution >= 0.6 is 0 Å². The maximum absolute atomic E-state index is 9.19. The van der Waals surface area contributed by atoms with Crippen LogP contribution in [-0.2, 0) is 0 Å². The van der Waals surface area contributed by atoms with Crippen LogP contribution in [0.25, 0.3) is 0 Å². The molecule has 0 saturated carbocycles. The number of nitrogens with zero attached hydrogens (tertiary/aromatic N) is 2. The first kappa shape index (κ1) is 13.4. The minimum Gasteiger partial charge on any atom is -0.396 e. The fourth-order valence-electron chi connectivity index (χ4n) is 2.78. The molecule has 1 unspecified atom stereocenters. The monoisotopic (exact) mass is 248 g/mol. The normalized spacial score (nSPS) is 21.9. The molecule has 2 rings (SSSR count). The van der Waals surface area contributed by atoms with Crippen LogP contribution < -0.4 is 4.90 Å². The molecule has 0 bridgehead atoms. The van der Waals surface area contributed by atoms with E-state index in [1.165, 1.54) is 17.7 Å². The van der Waals surface area contributed by atoms with Crippen molar-refractivity contribution >= 4 is 5.69 Å². The van der Waals surface area contributed by atoms with E-state index in [9.17, 15) is 5.11 Å². The lowest BCUT2D eigenvalue weighted by atomic mass is 10.1. The third kappa shape index (κ3) is 3.03. The fraction of sp³-hybridized carbons (Fsp3) is 0.600. The predicted octanol–water partition coefficient (Wildman–Crippen LogP) is 1.89. The molecule has 1 atom stereocenters. The maximum atomic E-state index is 9.19. The van der Waals surface area contributed by atoms with Crippen molar-refractivity contribution in [1.82, 2.24) is 4.90 Å². The molecule has 100 valence electrons. The number of likely N-dealkylation sites (N-methyl/N-ethyl adjacent to an activating group) is 1. The molecule has 1 aliphatic rings. The molecule has 1 heterocycles. The summed E-state index contributed by atoms with van der Waals surface area (Å²) in [5.41, 5.74) is 2.68. The van der Waals surface area contributed by atoms with Gasteiger partial charge in [0.2, 0.25) is 0 Å². The third-order valence-electron chi connectivity index (χ3n) is 3.91. The van der Waals surface area contributed by atoms with E-state index in [-0.39, 0.29) is 6.61 Å². The molecular weight excluding hydrogens is 224 g/mol. The van der Waals surface area contributed by atoms with Crippen LogP contribution in [0.2, 0.25) is 0 Å². The molecule has 0 aromatic heterocycles. The van der Waals surface area contributed by atoms with Gasteiger partial charge in [-0.25, -0.2) is 0 Å². The highest BCUT2D eigenvalue weighted by Gasteiger charge is 2.22. The Morgan fingerprint density at radius 1 is 1.28 bits per heavy atom. The Morgan fingerprint density at radius 2 is 2.06 bits per heavy atom. The first-order chi connectivity index (χ1) is 8.72. The van der Waals surface area contributed by atoms with Gasteiger partial charge in [-0.05, 0) is 45.0 Å². The summed E-state index contributed by atoms with van der Waals surface area (Å²) >= 11 is 0. The molecule has 1 fully saturated rings. The largest absolute Gasteiger partial charge is 0.396 e.